The molecule has 0 bridgehead atoms. The lowest BCUT2D eigenvalue weighted by atomic mass is 9.98. The zero-order valence-electron chi connectivity index (χ0n) is 8.86. The topological polar surface area (TPSA) is 40.5 Å². The standard InChI is InChI=1S/C11H14BrNO2S/c12-10-4-8(7-16-10)5-13-3-1-2-9(6-13)11(14)15/h4,7,9H,1-3,5-6H2,(H,14,15). The van der Waals surface area contributed by atoms with E-state index in [2.05, 4.69) is 32.3 Å². The Morgan fingerprint density at radius 2 is 2.50 bits per heavy atom. The molecule has 0 aliphatic carbocycles. The van der Waals surface area contributed by atoms with Gasteiger partial charge in [-0.25, -0.2) is 0 Å². The van der Waals surface area contributed by atoms with Crippen molar-refractivity contribution < 1.29 is 9.90 Å². The Hall–Kier alpha value is -0.390. The van der Waals surface area contributed by atoms with Crippen LogP contribution in [0.5, 0.6) is 0 Å². The molecule has 0 radical (unpaired) electrons. The molecule has 5 heteroatoms. The molecule has 0 amide bonds. The molecule has 1 aliphatic rings. The first-order valence-electron chi connectivity index (χ1n) is 5.33. The number of aliphatic carboxylic acids is 1. The van der Waals surface area contributed by atoms with Crippen molar-refractivity contribution in [2.45, 2.75) is 19.4 Å². The molecule has 88 valence electrons. The number of likely N-dealkylation sites (tertiary alicyclic amines) is 1. The number of rotatable bonds is 3. The van der Waals surface area contributed by atoms with E-state index >= 15 is 0 Å². The molecular weight excluding hydrogens is 290 g/mol. The number of hydrogen-bond donors (Lipinski definition) is 1. The molecule has 0 aromatic carbocycles. The Balaban J connectivity index is 1.92. The first-order chi connectivity index (χ1) is 7.65. The molecular formula is C11H14BrNO2S. The molecule has 1 aromatic rings. The van der Waals surface area contributed by atoms with Gasteiger partial charge in [-0.2, -0.15) is 0 Å². The number of thiophene rings is 1. The van der Waals surface area contributed by atoms with Crippen molar-refractivity contribution in [3.63, 3.8) is 0 Å². The predicted octanol–water partition coefficient (Wildman–Crippen LogP) is 2.81. The van der Waals surface area contributed by atoms with Crippen molar-refractivity contribution in [2.24, 2.45) is 5.92 Å². The minimum Gasteiger partial charge on any atom is -0.481 e. The van der Waals surface area contributed by atoms with Gasteiger partial charge in [0.1, 0.15) is 0 Å². The number of hydrogen-bond acceptors (Lipinski definition) is 3. The van der Waals surface area contributed by atoms with E-state index in [9.17, 15) is 4.79 Å². The van der Waals surface area contributed by atoms with Crippen LogP contribution in [0.1, 0.15) is 18.4 Å². The zero-order chi connectivity index (χ0) is 11.5. The maximum Gasteiger partial charge on any atom is 0.307 e. The molecule has 1 fully saturated rings. The molecule has 1 aliphatic heterocycles. The van der Waals surface area contributed by atoms with E-state index in [1.807, 2.05) is 0 Å². The van der Waals surface area contributed by atoms with Gasteiger partial charge >= 0.3 is 5.97 Å². The minimum absolute atomic E-state index is 0.184. The third-order valence-electron chi connectivity index (χ3n) is 2.88. The van der Waals surface area contributed by atoms with Crippen LogP contribution >= 0.6 is 27.3 Å². The van der Waals surface area contributed by atoms with Gasteiger partial charge in [-0.05, 0) is 52.3 Å². The summed E-state index contributed by atoms with van der Waals surface area (Å²) >= 11 is 5.11. The molecule has 2 rings (SSSR count). The lowest BCUT2D eigenvalue weighted by molar-refractivity contribution is -0.143. The van der Waals surface area contributed by atoms with Crippen LogP contribution in [0.15, 0.2) is 15.2 Å². The summed E-state index contributed by atoms with van der Waals surface area (Å²) in [5, 5.41) is 11.1. The summed E-state index contributed by atoms with van der Waals surface area (Å²) in [5.74, 6) is -0.841. The fourth-order valence-corrected chi connectivity index (χ4v) is 3.29. The van der Waals surface area contributed by atoms with E-state index in [0.29, 0.717) is 6.54 Å². The zero-order valence-corrected chi connectivity index (χ0v) is 11.3. The second-order valence-electron chi connectivity index (χ2n) is 4.17. The lowest BCUT2D eigenvalue weighted by Gasteiger charge is -2.30. The van der Waals surface area contributed by atoms with Crippen LogP contribution in [-0.2, 0) is 11.3 Å². The van der Waals surface area contributed by atoms with Gasteiger partial charge in [-0.15, -0.1) is 11.3 Å². The van der Waals surface area contributed by atoms with Crippen molar-refractivity contribution in [1.82, 2.24) is 4.90 Å². The quantitative estimate of drug-likeness (QED) is 0.933. The first-order valence-corrected chi connectivity index (χ1v) is 7.00. The maximum atomic E-state index is 10.9. The van der Waals surface area contributed by atoms with Gasteiger partial charge in [-0.3, -0.25) is 9.69 Å². The fraction of sp³-hybridized carbons (Fsp3) is 0.545. The van der Waals surface area contributed by atoms with E-state index < -0.39 is 5.97 Å². The molecule has 2 heterocycles. The summed E-state index contributed by atoms with van der Waals surface area (Å²) in [5.41, 5.74) is 1.27. The highest BCUT2D eigenvalue weighted by Crippen LogP contribution is 2.24. The number of nitrogens with zero attached hydrogens (tertiary/aromatic N) is 1. The second kappa shape index (κ2) is 5.29. The molecule has 3 nitrogen and oxygen atoms in total. The largest absolute Gasteiger partial charge is 0.481 e. The van der Waals surface area contributed by atoms with Crippen LogP contribution in [0, 0.1) is 5.92 Å². The van der Waals surface area contributed by atoms with Gasteiger partial charge in [0.25, 0.3) is 0 Å². The Kier molecular flexibility index (Phi) is 4.00. The van der Waals surface area contributed by atoms with Crippen LogP contribution < -0.4 is 0 Å². The van der Waals surface area contributed by atoms with Crippen molar-refractivity contribution in [3.8, 4) is 0 Å². The third kappa shape index (κ3) is 3.06. The summed E-state index contributed by atoms with van der Waals surface area (Å²) in [4.78, 5) is 13.2. The molecule has 0 saturated carbocycles. The fourth-order valence-electron chi connectivity index (χ4n) is 2.09. The molecule has 16 heavy (non-hydrogen) atoms. The van der Waals surface area contributed by atoms with Crippen LogP contribution in [0.2, 0.25) is 0 Å². The average molecular weight is 304 g/mol. The Bertz CT molecular complexity index is 380. The molecule has 0 spiro atoms. The molecule has 1 unspecified atom stereocenters. The van der Waals surface area contributed by atoms with Crippen LogP contribution in [-0.4, -0.2) is 29.1 Å². The molecule has 1 aromatic heterocycles. The van der Waals surface area contributed by atoms with Gasteiger partial charge in [-0.1, -0.05) is 0 Å². The van der Waals surface area contributed by atoms with E-state index in [4.69, 9.17) is 5.11 Å². The number of halogens is 1. The van der Waals surface area contributed by atoms with Gasteiger partial charge in [0.05, 0.1) is 9.70 Å². The molecule has 1 saturated heterocycles. The molecule has 1 N–H and O–H groups in total. The van der Waals surface area contributed by atoms with E-state index in [-0.39, 0.29) is 5.92 Å². The normalized spacial score (nSPS) is 22.2. The summed E-state index contributed by atoms with van der Waals surface area (Å²) in [6, 6.07) is 2.11. The van der Waals surface area contributed by atoms with Gasteiger partial charge in [0, 0.05) is 13.1 Å². The summed E-state index contributed by atoms with van der Waals surface area (Å²) in [6.07, 6.45) is 1.81. The third-order valence-corrected chi connectivity index (χ3v) is 4.44. The Morgan fingerprint density at radius 1 is 1.69 bits per heavy atom. The van der Waals surface area contributed by atoms with E-state index in [1.54, 1.807) is 11.3 Å². The predicted molar refractivity (Wildman–Crippen MR) is 67.7 cm³/mol. The van der Waals surface area contributed by atoms with Crippen molar-refractivity contribution in [1.29, 1.82) is 0 Å². The highest BCUT2D eigenvalue weighted by Gasteiger charge is 2.25. The first kappa shape index (κ1) is 12.1. The maximum absolute atomic E-state index is 10.9. The monoisotopic (exact) mass is 303 g/mol. The van der Waals surface area contributed by atoms with Crippen LogP contribution in [0.4, 0.5) is 0 Å². The Morgan fingerprint density at radius 3 is 3.12 bits per heavy atom. The number of carboxylic acid groups (broad SMARTS) is 1. The number of piperidine rings is 1. The summed E-state index contributed by atoms with van der Waals surface area (Å²) in [7, 11) is 0. The van der Waals surface area contributed by atoms with Gasteiger partial charge in [0.15, 0.2) is 0 Å². The van der Waals surface area contributed by atoms with E-state index in [0.717, 1.165) is 29.7 Å². The number of carboxylic acids is 1. The Labute approximate surface area is 107 Å². The van der Waals surface area contributed by atoms with E-state index in [1.165, 1.54) is 5.56 Å². The number of carbonyl (C=O) groups is 1. The highest BCUT2D eigenvalue weighted by molar-refractivity contribution is 9.11. The minimum atomic E-state index is -0.656. The summed E-state index contributed by atoms with van der Waals surface area (Å²) < 4.78 is 1.13. The summed E-state index contributed by atoms with van der Waals surface area (Å²) in [6.45, 7) is 2.56. The van der Waals surface area contributed by atoms with Gasteiger partial charge in [0.2, 0.25) is 0 Å². The van der Waals surface area contributed by atoms with Crippen LogP contribution in [0.25, 0.3) is 0 Å². The average Bonchev–Trinajstić information content (AvgIpc) is 2.64. The highest BCUT2D eigenvalue weighted by atomic mass is 79.9. The van der Waals surface area contributed by atoms with Crippen molar-refractivity contribution in [3.05, 3.63) is 20.8 Å². The van der Waals surface area contributed by atoms with Gasteiger partial charge < -0.3 is 5.11 Å². The second-order valence-corrected chi connectivity index (χ2v) is 6.46. The SMILES string of the molecule is O=C(O)C1CCCN(Cc2csc(Br)c2)C1. The lowest BCUT2D eigenvalue weighted by Crippen LogP contribution is -2.38. The smallest absolute Gasteiger partial charge is 0.307 e. The van der Waals surface area contributed by atoms with Crippen LogP contribution in [0.3, 0.4) is 0 Å². The van der Waals surface area contributed by atoms with Crippen molar-refractivity contribution >= 4 is 33.2 Å². The molecule has 1 atom stereocenters. The van der Waals surface area contributed by atoms with Crippen molar-refractivity contribution in [2.75, 3.05) is 13.1 Å².